The van der Waals surface area contributed by atoms with E-state index in [1.165, 1.54) is 0 Å². The molecule has 0 spiro atoms. The van der Waals surface area contributed by atoms with Gasteiger partial charge in [-0.3, -0.25) is 9.78 Å². The first-order valence-electron chi connectivity index (χ1n) is 6.26. The van der Waals surface area contributed by atoms with Crippen molar-refractivity contribution in [1.82, 2.24) is 10.3 Å². The summed E-state index contributed by atoms with van der Waals surface area (Å²) in [6.45, 7) is 1.68. The van der Waals surface area contributed by atoms with Crippen molar-refractivity contribution in [1.29, 1.82) is 0 Å². The molecule has 118 valence electrons. The second-order valence-electron chi connectivity index (χ2n) is 3.99. The zero-order valence-corrected chi connectivity index (χ0v) is 13.2. The Hall–Kier alpha value is -2.05. The van der Waals surface area contributed by atoms with Crippen LogP contribution in [0, 0.1) is 0 Å². The lowest BCUT2D eigenvalue weighted by atomic mass is 10.2. The second kappa shape index (κ2) is 8.41. The lowest BCUT2D eigenvalue weighted by Gasteiger charge is -2.09. The summed E-state index contributed by atoms with van der Waals surface area (Å²) >= 11 is 6.05. The first-order chi connectivity index (χ1) is 10.1. The lowest BCUT2D eigenvalue weighted by molar-refractivity contribution is -0.141. The van der Waals surface area contributed by atoms with Crippen molar-refractivity contribution in [2.45, 2.75) is 6.92 Å². The molecule has 0 atom stereocenters. The maximum atomic E-state index is 11.6. The number of nitrogens with zero attached hydrogens (tertiary/aromatic N) is 1. The number of hydrogen-bond donors (Lipinski definition) is 1. The molecule has 0 radical (unpaired) electrons. The Morgan fingerprint density at radius 3 is 2.82 bits per heavy atom. The van der Waals surface area contributed by atoms with Crippen LogP contribution in [0.25, 0.3) is 10.9 Å². The maximum Gasteiger partial charge on any atom is 0.413 e. The minimum atomic E-state index is -0.766. The van der Waals surface area contributed by atoms with Crippen molar-refractivity contribution < 1.29 is 19.1 Å². The summed E-state index contributed by atoms with van der Waals surface area (Å²) in [5.74, 6) is -0.273. The van der Waals surface area contributed by atoms with Gasteiger partial charge < -0.3 is 14.8 Å². The second-order valence-corrected chi connectivity index (χ2v) is 4.40. The van der Waals surface area contributed by atoms with E-state index in [0.29, 0.717) is 15.9 Å². The minimum Gasteiger partial charge on any atom is -0.465 e. The summed E-state index contributed by atoms with van der Waals surface area (Å²) in [6.07, 6.45) is 0.805. The molecule has 2 rings (SSSR count). The van der Waals surface area contributed by atoms with Crippen molar-refractivity contribution in [2.75, 3.05) is 13.2 Å². The molecule has 1 aromatic carbocycles. The molecule has 0 unspecified atom stereocenters. The Balaban J connectivity index is 0.00000242. The Morgan fingerprint density at radius 1 is 1.32 bits per heavy atom. The van der Waals surface area contributed by atoms with Crippen LogP contribution in [0.1, 0.15) is 6.92 Å². The van der Waals surface area contributed by atoms with Gasteiger partial charge in [0.15, 0.2) is 5.75 Å². The van der Waals surface area contributed by atoms with Gasteiger partial charge in [0.25, 0.3) is 0 Å². The van der Waals surface area contributed by atoms with Gasteiger partial charge in [-0.05, 0) is 31.2 Å². The molecule has 0 fully saturated rings. The van der Waals surface area contributed by atoms with Gasteiger partial charge in [0.05, 0.1) is 11.6 Å². The van der Waals surface area contributed by atoms with Crippen LogP contribution in [0.4, 0.5) is 4.79 Å². The average Bonchev–Trinajstić information content (AvgIpc) is 2.49. The third kappa shape index (κ3) is 4.47. The number of esters is 1. The largest absolute Gasteiger partial charge is 0.465 e. The summed E-state index contributed by atoms with van der Waals surface area (Å²) in [7, 11) is 0. The Kier molecular flexibility index (Phi) is 6.88. The van der Waals surface area contributed by atoms with Gasteiger partial charge in [-0.1, -0.05) is 11.6 Å². The van der Waals surface area contributed by atoms with Crippen LogP contribution in [0.15, 0.2) is 30.5 Å². The van der Waals surface area contributed by atoms with Crippen LogP contribution in [-0.2, 0) is 9.53 Å². The van der Waals surface area contributed by atoms with Gasteiger partial charge in [0, 0.05) is 11.6 Å². The van der Waals surface area contributed by atoms with E-state index in [0.717, 1.165) is 0 Å². The van der Waals surface area contributed by atoms with Crippen LogP contribution >= 0.6 is 24.0 Å². The van der Waals surface area contributed by atoms with Crippen molar-refractivity contribution >= 4 is 47.0 Å². The van der Waals surface area contributed by atoms with E-state index in [9.17, 15) is 9.59 Å². The number of halogens is 2. The third-order valence-corrected chi connectivity index (χ3v) is 2.89. The van der Waals surface area contributed by atoms with Crippen LogP contribution in [0.3, 0.4) is 0 Å². The predicted molar refractivity (Wildman–Crippen MR) is 84.7 cm³/mol. The van der Waals surface area contributed by atoms with E-state index in [2.05, 4.69) is 15.0 Å². The number of ether oxygens (including phenoxy) is 2. The molecule has 0 aliphatic carbocycles. The molecule has 1 amide bonds. The van der Waals surface area contributed by atoms with Gasteiger partial charge in [-0.15, -0.1) is 12.4 Å². The number of pyridine rings is 1. The molecule has 2 aromatic rings. The number of nitrogens with one attached hydrogen (secondary N) is 1. The molecule has 22 heavy (non-hydrogen) atoms. The van der Waals surface area contributed by atoms with Gasteiger partial charge in [-0.2, -0.15) is 0 Å². The molecule has 0 aliphatic heterocycles. The number of benzene rings is 1. The standard InChI is InChI=1S/C14H13ClN2O4.ClH/c1-2-20-12(18)8-17-14(19)21-11-6-5-10(15)9-4-3-7-16-13(9)11;/h3-7H,2,8H2,1H3,(H,17,19);1H. The molecule has 0 aliphatic rings. The normalized spacial score (nSPS) is 9.73. The first-order valence-corrected chi connectivity index (χ1v) is 6.64. The number of amides is 1. The van der Waals surface area contributed by atoms with E-state index in [-0.39, 0.29) is 31.3 Å². The smallest absolute Gasteiger partial charge is 0.413 e. The zero-order chi connectivity index (χ0) is 15.2. The molecule has 0 saturated carbocycles. The van der Waals surface area contributed by atoms with E-state index in [1.807, 2.05) is 0 Å². The number of carbonyl (C=O) groups is 2. The topological polar surface area (TPSA) is 77.5 Å². The van der Waals surface area contributed by atoms with Gasteiger partial charge >= 0.3 is 12.1 Å². The highest BCUT2D eigenvalue weighted by molar-refractivity contribution is 6.35. The van der Waals surface area contributed by atoms with Gasteiger partial charge in [0.2, 0.25) is 0 Å². The quantitative estimate of drug-likeness (QED) is 0.862. The summed E-state index contributed by atoms with van der Waals surface area (Å²) in [5.41, 5.74) is 0.469. The fourth-order valence-corrected chi connectivity index (χ4v) is 1.90. The molecular weight excluding hydrogens is 331 g/mol. The summed E-state index contributed by atoms with van der Waals surface area (Å²) in [5, 5.41) is 3.49. The molecule has 0 bridgehead atoms. The van der Waals surface area contributed by atoms with Crippen LogP contribution in [0.5, 0.6) is 5.75 Å². The highest BCUT2D eigenvalue weighted by Gasteiger charge is 2.12. The molecule has 1 aromatic heterocycles. The molecule has 1 N–H and O–H groups in total. The van der Waals surface area contributed by atoms with Gasteiger partial charge in [0.1, 0.15) is 12.1 Å². The summed E-state index contributed by atoms with van der Waals surface area (Å²) in [6, 6.07) is 6.66. The van der Waals surface area contributed by atoms with Crippen LogP contribution < -0.4 is 10.1 Å². The highest BCUT2D eigenvalue weighted by Crippen LogP contribution is 2.29. The number of hydrogen-bond acceptors (Lipinski definition) is 5. The average molecular weight is 345 g/mol. The maximum absolute atomic E-state index is 11.6. The highest BCUT2D eigenvalue weighted by atomic mass is 35.5. The number of fused-ring (bicyclic) bond motifs is 1. The summed E-state index contributed by atoms with van der Waals surface area (Å²) in [4.78, 5) is 26.9. The van der Waals surface area contributed by atoms with Gasteiger partial charge in [-0.25, -0.2) is 4.79 Å². The van der Waals surface area contributed by atoms with Crippen molar-refractivity contribution in [3.8, 4) is 5.75 Å². The third-order valence-electron chi connectivity index (χ3n) is 2.56. The monoisotopic (exact) mass is 344 g/mol. The van der Waals surface area contributed by atoms with E-state index >= 15 is 0 Å². The van der Waals surface area contributed by atoms with Crippen molar-refractivity contribution in [3.63, 3.8) is 0 Å². The molecular formula is C14H14Cl2N2O4. The van der Waals surface area contributed by atoms with Crippen LogP contribution in [0.2, 0.25) is 5.02 Å². The molecule has 8 heteroatoms. The van der Waals surface area contributed by atoms with Crippen molar-refractivity contribution in [2.24, 2.45) is 0 Å². The number of rotatable bonds is 4. The van der Waals surface area contributed by atoms with E-state index in [4.69, 9.17) is 16.3 Å². The SMILES string of the molecule is CCOC(=O)CNC(=O)Oc1ccc(Cl)c2cccnc12.Cl. The molecule has 0 saturated heterocycles. The predicted octanol–water partition coefficient (Wildman–Crippen LogP) is 2.96. The molecule has 6 nitrogen and oxygen atoms in total. The number of aromatic nitrogens is 1. The fraction of sp³-hybridized carbons (Fsp3) is 0.214. The van der Waals surface area contributed by atoms with E-state index < -0.39 is 12.1 Å². The Morgan fingerprint density at radius 2 is 2.09 bits per heavy atom. The first kappa shape index (κ1) is 18.0. The van der Waals surface area contributed by atoms with Crippen LogP contribution in [-0.4, -0.2) is 30.2 Å². The Bertz CT molecular complexity index is 679. The Labute approximate surface area is 138 Å². The zero-order valence-electron chi connectivity index (χ0n) is 11.7. The summed E-state index contributed by atoms with van der Waals surface area (Å²) < 4.78 is 9.82. The number of carbonyl (C=O) groups excluding carboxylic acids is 2. The van der Waals surface area contributed by atoms with E-state index in [1.54, 1.807) is 37.4 Å². The molecule has 1 heterocycles. The fourth-order valence-electron chi connectivity index (χ4n) is 1.69. The lowest BCUT2D eigenvalue weighted by Crippen LogP contribution is -2.32. The van der Waals surface area contributed by atoms with Crippen molar-refractivity contribution in [3.05, 3.63) is 35.5 Å². The minimum absolute atomic E-state index is 0.